The van der Waals surface area contributed by atoms with E-state index in [4.69, 9.17) is 0 Å². The third kappa shape index (κ3) is 4.87. The molecule has 122 valence electrons. The van der Waals surface area contributed by atoms with Gasteiger partial charge >= 0.3 is 0 Å². The van der Waals surface area contributed by atoms with E-state index in [-0.39, 0.29) is 29.9 Å². The van der Waals surface area contributed by atoms with Crippen molar-refractivity contribution in [2.75, 3.05) is 0 Å². The second-order valence-corrected chi connectivity index (χ2v) is 9.04. The van der Waals surface area contributed by atoms with Gasteiger partial charge in [-0.25, -0.2) is 0 Å². The van der Waals surface area contributed by atoms with Gasteiger partial charge in [-0.15, -0.1) is 0 Å². The van der Waals surface area contributed by atoms with Crippen LogP contribution in [0.15, 0.2) is 54.6 Å². The minimum Gasteiger partial charge on any atom is -0.258 e. The third-order valence-electron chi connectivity index (χ3n) is 3.38. The molecular formula is C16H13Br4NO2. The molecule has 0 N–H and O–H groups in total. The van der Waals surface area contributed by atoms with Crippen molar-refractivity contribution in [1.29, 1.82) is 0 Å². The van der Waals surface area contributed by atoms with Crippen LogP contribution >= 0.6 is 63.7 Å². The number of hydrogen-bond acceptors (Lipinski definition) is 2. The zero-order valence-electron chi connectivity index (χ0n) is 11.8. The lowest BCUT2D eigenvalue weighted by molar-refractivity contribution is -0.384. The number of hydrogen-bond donors (Lipinski definition) is 0. The average Bonchev–Trinajstić information content (AvgIpc) is 2.60. The Kier molecular flexibility index (Phi) is 7.25. The summed E-state index contributed by atoms with van der Waals surface area (Å²) in [5.41, 5.74) is 2.12. The number of halogens is 4. The molecule has 0 aliphatic heterocycles. The van der Waals surface area contributed by atoms with E-state index in [0.717, 1.165) is 11.1 Å². The molecule has 0 saturated carbocycles. The molecule has 0 bridgehead atoms. The van der Waals surface area contributed by atoms with E-state index in [1.807, 2.05) is 24.3 Å². The Hall–Kier alpha value is -0.240. The highest BCUT2D eigenvalue weighted by atomic mass is 79.9. The Morgan fingerprint density at radius 1 is 0.783 bits per heavy atom. The highest BCUT2D eigenvalue weighted by Crippen LogP contribution is 2.43. The number of benzene rings is 2. The first-order chi connectivity index (χ1) is 10.9. The molecule has 2 aromatic rings. The SMILES string of the molecule is O=[N+]([O-])c1cccc(C(Br)C(Br)C(Br)C(Br)c2ccccc2)c1. The lowest BCUT2D eigenvalue weighted by Gasteiger charge is -2.26. The van der Waals surface area contributed by atoms with Crippen molar-refractivity contribution < 1.29 is 4.92 Å². The molecule has 4 unspecified atom stereocenters. The molecule has 0 aliphatic rings. The summed E-state index contributed by atoms with van der Waals surface area (Å²) in [6.45, 7) is 0. The lowest BCUT2D eigenvalue weighted by Crippen LogP contribution is -2.23. The normalized spacial score (nSPS) is 16.3. The van der Waals surface area contributed by atoms with Gasteiger partial charge in [0.2, 0.25) is 0 Å². The number of rotatable bonds is 6. The van der Waals surface area contributed by atoms with E-state index in [1.165, 1.54) is 6.07 Å². The predicted octanol–water partition coefficient (Wildman–Crippen LogP) is 6.69. The molecule has 0 heterocycles. The Balaban J connectivity index is 2.17. The van der Waals surface area contributed by atoms with Crippen molar-refractivity contribution in [2.24, 2.45) is 0 Å². The van der Waals surface area contributed by atoms with Gasteiger partial charge in [0.1, 0.15) is 0 Å². The Labute approximate surface area is 168 Å². The third-order valence-corrected chi connectivity index (χ3v) is 9.90. The van der Waals surface area contributed by atoms with Gasteiger partial charge in [0.25, 0.3) is 5.69 Å². The van der Waals surface area contributed by atoms with Crippen molar-refractivity contribution in [3.8, 4) is 0 Å². The molecule has 0 aromatic heterocycles. The molecule has 4 atom stereocenters. The lowest BCUT2D eigenvalue weighted by atomic mass is 10.0. The van der Waals surface area contributed by atoms with Crippen LogP contribution in [0.2, 0.25) is 0 Å². The molecule has 0 radical (unpaired) electrons. The standard InChI is InChI=1S/C16H13Br4NO2/c17-13(10-5-2-1-3-6-10)15(19)16(20)14(18)11-7-4-8-12(9-11)21(22)23/h1-9,13-16H. The van der Waals surface area contributed by atoms with Gasteiger partial charge in [0.05, 0.1) is 14.6 Å². The highest BCUT2D eigenvalue weighted by Gasteiger charge is 2.31. The minimum atomic E-state index is -0.380. The van der Waals surface area contributed by atoms with Crippen LogP contribution in [0, 0.1) is 10.1 Å². The zero-order valence-corrected chi connectivity index (χ0v) is 18.1. The van der Waals surface area contributed by atoms with E-state index in [9.17, 15) is 10.1 Å². The predicted molar refractivity (Wildman–Crippen MR) is 108 cm³/mol. The molecule has 3 nitrogen and oxygen atoms in total. The summed E-state index contributed by atoms with van der Waals surface area (Å²) < 4.78 is 0. The first kappa shape index (κ1) is 19.1. The summed E-state index contributed by atoms with van der Waals surface area (Å²) in [5, 5.41) is 10.9. The van der Waals surface area contributed by atoms with Crippen LogP contribution < -0.4 is 0 Å². The summed E-state index contributed by atoms with van der Waals surface area (Å²) in [4.78, 5) is 10.7. The molecule has 23 heavy (non-hydrogen) atoms. The van der Waals surface area contributed by atoms with Gasteiger partial charge in [0, 0.05) is 21.8 Å². The van der Waals surface area contributed by atoms with E-state index in [2.05, 4.69) is 75.9 Å². The van der Waals surface area contributed by atoms with Crippen molar-refractivity contribution in [1.82, 2.24) is 0 Å². The van der Waals surface area contributed by atoms with Gasteiger partial charge < -0.3 is 0 Å². The van der Waals surface area contributed by atoms with Gasteiger partial charge in [-0.05, 0) is 11.1 Å². The van der Waals surface area contributed by atoms with Crippen LogP contribution in [0.25, 0.3) is 0 Å². The van der Waals surface area contributed by atoms with Gasteiger partial charge in [-0.1, -0.05) is 106 Å². The first-order valence-corrected chi connectivity index (χ1v) is 10.4. The molecule has 0 fully saturated rings. The monoisotopic (exact) mass is 567 g/mol. The van der Waals surface area contributed by atoms with Crippen LogP contribution in [0.4, 0.5) is 5.69 Å². The maximum absolute atomic E-state index is 10.9. The molecule has 0 spiro atoms. The topological polar surface area (TPSA) is 43.1 Å². The minimum absolute atomic E-state index is 0.0223. The number of nitrogens with zero attached hydrogens (tertiary/aromatic N) is 1. The molecule has 0 amide bonds. The molecular weight excluding hydrogens is 558 g/mol. The van der Waals surface area contributed by atoms with Crippen LogP contribution in [-0.4, -0.2) is 14.6 Å². The summed E-state index contributed by atoms with van der Waals surface area (Å²) >= 11 is 14.8. The summed E-state index contributed by atoms with van der Waals surface area (Å²) in [6, 6.07) is 16.8. The second kappa shape index (κ2) is 8.74. The quantitative estimate of drug-likeness (QED) is 0.221. The molecule has 2 rings (SSSR count). The summed E-state index contributed by atoms with van der Waals surface area (Å²) in [5.74, 6) is 0. The Bertz CT molecular complexity index is 668. The van der Waals surface area contributed by atoms with Crippen molar-refractivity contribution in [3.63, 3.8) is 0 Å². The van der Waals surface area contributed by atoms with Gasteiger partial charge in [-0.3, -0.25) is 10.1 Å². The van der Waals surface area contributed by atoms with Crippen LogP contribution in [0.3, 0.4) is 0 Å². The van der Waals surface area contributed by atoms with Gasteiger partial charge in [-0.2, -0.15) is 0 Å². The number of alkyl halides is 4. The average molecular weight is 571 g/mol. The van der Waals surface area contributed by atoms with E-state index >= 15 is 0 Å². The number of nitro groups is 1. The zero-order chi connectivity index (χ0) is 17.0. The van der Waals surface area contributed by atoms with E-state index in [0.29, 0.717) is 0 Å². The fraction of sp³-hybridized carbons (Fsp3) is 0.250. The van der Waals surface area contributed by atoms with Gasteiger partial charge in [0.15, 0.2) is 0 Å². The molecule has 0 aliphatic carbocycles. The smallest absolute Gasteiger partial charge is 0.258 e. The van der Waals surface area contributed by atoms with Crippen molar-refractivity contribution in [3.05, 3.63) is 75.8 Å². The van der Waals surface area contributed by atoms with Crippen molar-refractivity contribution >= 4 is 69.4 Å². The second-order valence-electron chi connectivity index (χ2n) is 4.96. The Morgan fingerprint density at radius 3 is 1.87 bits per heavy atom. The molecule has 0 saturated heterocycles. The Morgan fingerprint density at radius 2 is 1.30 bits per heavy atom. The van der Waals surface area contributed by atoms with E-state index < -0.39 is 0 Å². The maximum atomic E-state index is 10.9. The highest BCUT2D eigenvalue weighted by molar-refractivity contribution is 9.14. The van der Waals surface area contributed by atoms with Crippen molar-refractivity contribution in [2.45, 2.75) is 19.3 Å². The maximum Gasteiger partial charge on any atom is 0.269 e. The summed E-state index contributed by atoms with van der Waals surface area (Å²) in [7, 11) is 0. The first-order valence-electron chi connectivity index (χ1n) is 6.77. The molecule has 2 aromatic carbocycles. The fourth-order valence-electron chi connectivity index (χ4n) is 2.14. The number of nitro benzene ring substituents is 1. The molecule has 7 heteroatoms. The largest absolute Gasteiger partial charge is 0.269 e. The van der Waals surface area contributed by atoms with Crippen LogP contribution in [0.1, 0.15) is 20.8 Å². The van der Waals surface area contributed by atoms with E-state index in [1.54, 1.807) is 12.1 Å². The fourth-order valence-corrected chi connectivity index (χ4v) is 5.43. The number of non-ortho nitro benzene ring substituents is 1. The summed E-state index contributed by atoms with van der Waals surface area (Å²) in [6.07, 6.45) is 0. The van der Waals surface area contributed by atoms with Crippen LogP contribution in [0.5, 0.6) is 0 Å². The van der Waals surface area contributed by atoms with Crippen LogP contribution in [-0.2, 0) is 0 Å².